The Kier molecular flexibility index (Phi) is 6.81. The van der Waals surface area contributed by atoms with E-state index in [1.807, 2.05) is 23.6 Å². The lowest BCUT2D eigenvalue weighted by Crippen LogP contribution is -2.26. The Hall–Kier alpha value is -2.10. The van der Waals surface area contributed by atoms with Crippen molar-refractivity contribution >= 4 is 41.1 Å². The summed E-state index contributed by atoms with van der Waals surface area (Å²) in [6, 6.07) is 4.70. The highest BCUT2D eigenvalue weighted by Crippen LogP contribution is 2.21. The van der Waals surface area contributed by atoms with E-state index in [9.17, 15) is 4.79 Å². The van der Waals surface area contributed by atoms with Crippen LogP contribution in [0.15, 0.2) is 41.5 Å². The zero-order chi connectivity index (χ0) is 21.0. The van der Waals surface area contributed by atoms with E-state index in [4.69, 9.17) is 4.74 Å². The van der Waals surface area contributed by atoms with E-state index in [0.717, 1.165) is 11.6 Å². The molecule has 0 saturated carbocycles. The van der Waals surface area contributed by atoms with Crippen LogP contribution in [0.1, 0.15) is 28.9 Å². The van der Waals surface area contributed by atoms with E-state index in [2.05, 4.69) is 55.8 Å². The van der Waals surface area contributed by atoms with Gasteiger partial charge in [-0.1, -0.05) is 19.6 Å². The topological polar surface area (TPSA) is 81.9 Å². The van der Waals surface area contributed by atoms with Crippen LogP contribution in [0.2, 0.25) is 25.7 Å². The van der Waals surface area contributed by atoms with Crippen molar-refractivity contribution in [1.29, 1.82) is 0 Å². The van der Waals surface area contributed by atoms with Crippen molar-refractivity contribution in [2.45, 2.75) is 45.4 Å². The molecule has 3 rings (SSSR count). The number of hydrogen-bond acceptors (Lipinski definition) is 5. The average Bonchev–Trinajstić information content (AvgIpc) is 3.03. The number of aromatic nitrogens is 4. The normalized spacial score (nSPS) is 12.9. The van der Waals surface area contributed by atoms with E-state index in [-0.39, 0.29) is 11.9 Å². The fourth-order valence-corrected chi connectivity index (χ4v) is 3.88. The number of rotatable bonds is 8. The number of halogens is 1. The highest BCUT2D eigenvalue weighted by Gasteiger charge is 2.20. The van der Waals surface area contributed by atoms with Crippen LogP contribution >= 0.6 is 15.9 Å². The van der Waals surface area contributed by atoms with Gasteiger partial charge in [0, 0.05) is 33.3 Å². The number of carbonyl (C=O) groups is 1. The monoisotopic (exact) mass is 475 g/mol. The van der Waals surface area contributed by atoms with E-state index in [0.29, 0.717) is 34.7 Å². The van der Waals surface area contributed by atoms with Gasteiger partial charge in [0.25, 0.3) is 5.91 Å². The molecule has 3 aromatic heterocycles. The third kappa shape index (κ3) is 5.71. The quantitative estimate of drug-likeness (QED) is 0.385. The third-order valence-electron chi connectivity index (χ3n) is 4.56. The van der Waals surface area contributed by atoms with Crippen LogP contribution in [0.3, 0.4) is 0 Å². The highest BCUT2D eigenvalue weighted by molar-refractivity contribution is 9.10. The number of nitrogens with one attached hydrogen (secondary N) is 1. The predicted molar refractivity (Wildman–Crippen MR) is 119 cm³/mol. The Bertz CT molecular complexity index is 988. The van der Waals surface area contributed by atoms with Crippen molar-refractivity contribution in [2.75, 3.05) is 6.61 Å². The Morgan fingerprint density at radius 1 is 1.31 bits per heavy atom. The van der Waals surface area contributed by atoms with Gasteiger partial charge in [-0.3, -0.25) is 9.78 Å². The van der Waals surface area contributed by atoms with Crippen molar-refractivity contribution in [3.63, 3.8) is 0 Å². The molecule has 1 N–H and O–H groups in total. The van der Waals surface area contributed by atoms with E-state index >= 15 is 0 Å². The Balaban J connectivity index is 1.79. The summed E-state index contributed by atoms with van der Waals surface area (Å²) in [4.78, 5) is 25.9. The van der Waals surface area contributed by atoms with Crippen LogP contribution in [0.25, 0.3) is 11.2 Å². The van der Waals surface area contributed by atoms with Gasteiger partial charge in [-0.15, -0.1) is 0 Å². The van der Waals surface area contributed by atoms with Crippen LogP contribution < -0.4 is 5.32 Å². The fourth-order valence-electron chi connectivity index (χ4n) is 2.85. The van der Waals surface area contributed by atoms with Crippen molar-refractivity contribution in [3.05, 3.63) is 52.7 Å². The van der Waals surface area contributed by atoms with Crippen molar-refractivity contribution in [3.8, 4) is 0 Å². The zero-order valence-corrected chi connectivity index (χ0v) is 19.7. The standard InChI is InChI=1S/C20H26BrN5O2Si/c1-14(15-5-7-22-8-6-15)24-20(27)16-12-26(13-28-9-10-29(2,3)4)19-18(16)25-17(21)11-23-19/h5-8,11-12,14H,9-10,13H2,1-4H3,(H,24,27). The first-order chi connectivity index (χ1) is 13.7. The van der Waals surface area contributed by atoms with Crippen LogP contribution in [-0.4, -0.2) is 40.1 Å². The molecule has 0 spiro atoms. The molecule has 0 fully saturated rings. The molecule has 3 aromatic rings. The van der Waals surface area contributed by atoms with Gasteiger partial charge in [-0.05, 0) is 46.6 Å². The molecule has 0 aliphatic rings. The van der Waals surface area contributed by atoms with Crippen LogP contribution in [-0.2, 0) is 11.5 Å². The number of hydrogen-bond donors (Lipinski definition) is 1. The van der Waals surface area contributed by atoms with Gasteiger partial charge in [0.15, 0.2) is 5.65 Å². The van der Waals surface area contributed by atoms with Gasteiger partial charge >= 0.3 is 0 Å². The van der Waals surface area contributed by atoms with Gasteiger partial charge in [0.1, 0.15) is 16.9 Å². The van der Waals surface area contributed by atoms with E-state index in [1.165, 1.54) is 0 Å². The molecule has 1 unspecified atom stereocenters. The largest absolute Gasteiger partial charge is 0.361 e. The summed E-state index contributed by atoms with van der Waals surface area (Å²) in [5.74, 6) is -0.201. The zero-order valence-electron chi connectivity index (χ0n) is 17.1. The summed E-state index contributed by atoms with van der Waals surface area (Å²) in [5, 5.41) is 3.03. The first kappa shape index (κ1) is 21.6. The fraction of sp³-hybridized carbons (Fsp3) is 0.400. The molecule has 1 amide bonds. The SMILES string of the molecule is CC(NC(=O)c1cn(COCC[Si](C)(C)C)c2ncc(Br)nc12)c1ccncc1. The van der Waals surface area contributed by atoms with Gasteiger partial charge in [-0.25, -0.2) is 9.97 Å². The lowest BCUT2D eigenvalue weighted by atomic mass is 10.1. The minimum atomic E-state index is -1.16. The average molecular weight is 476 g/mol. The van der Waals surface area contributed by atoms with E-state index < -0.39 is 8.07 Å². The second-order valence-electron chi connectivity index (χ2n) is 8.20. The molecule has 9 heteroatoms. The van der Waals surface area contributed by atoms with Crippen molar-refractivity contribution < 1.29 is 9.53 Å². The molecule has 7 nitrogen and oxygen atoms in total. The molecule has 0 aliphatic heterocycles. The molecule has 0 radical (unpaired) electrons. The number of nitrogens with zero attached hydrogens (tertiary/aromatic N) is 4. The Morgan fingerprint density at radius 2 is 2.03 bits per heavy atom. The lowest BCUT2D eigenvalue weighted by molar-refractivity contribution is 0.0890. The Morgan fingerprint density at radius 3 is 2.72 bits per heavy atom. The van der Waals surface area contributed by atoms with Crippen molar-refractivity contribution in [2.24, 2.45) is 0 Å². The lowest BCUT2D eigenvalue weighted by Gasteiger charge is -2.15. The molecular weight excluding hydrogens is 450 g/mol. The maximum Gasteiger partial charge on any atom is 0.255 e. The van der Waals surface area contributed by atoms with Crippen molar-refractivity contribution in [1.82, 2.24) is 24.8 Å². The summed E-state index contributed by atoms with van der Waals surface area (Å²) in [5.41, 5.74) is 2.64. The second-order valence-corrected chi connectivity index (χ2v) is 14.6. The number of carbonyl (C=O) groups excluding carboxylic acids is 1. The smallest absolute Gasteiger partial charge is 0.255 e. The molecule has 29 heavy (non-hydrogen) atoms. The van der Waals surface area contributed by atoms with Gasteiger partial charge in [0.05, 0.1) is 17.8 Å². The van der Waals surface area contributed by atoms with Gasteiger partial charge < -0.3 is 14.6 Å². The molecule has 3 heterocycles. The summed E-state index contributed by atoms with van der Waals surface area (Å²) in [6.45, 7) is 9.92. The molecule has 0 saturated heterocycles. The molecule has 0 bridgehead atoms. The highest BCUT2D eigenvalue weighted by atomic mass is 79.9. The molecule has 0 aliphatic carbocycles. The number of ether oxygens (including phenoxy) is 1. The van der Waals surface area contributed by atoms with Crippen LogP contribution in [0.4, 0.5) is 0 Å². The molecule has 1 atom stereocenters. The number of amides is 1. The van der Waals surface area contributed by atoms with E-state index in [1.54, 1.807) is 24.8 Å². The van der Waals surface area contributed by atoms with Crippen LogP contribution in [0, 0.1) is 0 Å². The molecule has 0 aromatic carbocycles. The van der Waals surface area contributed by atoms with Gasteiger partial charge in [0.2, 0.25) is 0 Å². The Labute approximate surface area is 180 Å². The molecule has 154 valence electrons. The number of pyridine rings is 1. The number of fused-ring (bicyclic) bond motifs is 1. The predicted octanol–water partition coefficient (Wildman–Crippen LogP) is 4.39. The first-order valence-electron chi connectivity index (χ1n) is 9.54. The third-order valence-corrected chi connectivity index (χ3v) is 6.65. The van der Waals surface area contributed by atoms with Crippen LogP contribution in [0.5, 0.6) is 0 Å². The summed E-state index contributed by atoms with van der Waals surface area (Å²) in [6.07, 6.45) is 6.82. The maximum atomic E-state index is 13.0. The summed E-state index contributed by atoms with van der Waals surface area (Å²) in [7, 11) is -1.16. The minimum absolute atomic E-state index is 0.156. The summed E-state index contributed by atoms with van der Waals surface area (Å²) < 4.78 is 8.28. The summed E-state index contributed by atoms with van der Waals surface area (Å²) >= 11 is 3.35. The molecular formula is C20H26BrN5O2Si. The minimum Gasteiger partial charge on any atom is -0.361 e. The first-order valence-corrected chi connectivity index (χ1v) is 14.0. The van der Waals surface area contributed by atoms with Gasteiger partial charge in [-0.2, -0.15) is 0 Å². The maximum absolute atomic E-state index is 13.0. The second kappa shape index (κ2) is 9.14.